The summed E-state index contributed by atoms with van der Waals surface area (Å²) < 4.78 is 17.0. The van der Waals surface area contributed by atoms with Crippen molar-refractivity contribution in [2.75, 3.05) is 25.6 Å². The molecule has 0 N–H and O–H groups in total. The summed E-state index contributed by atoms with van der Waals surface area (Å²) >= 11 is 4.19. The molecule has 6 heteroatoms. The van der Waals surface area contributed by atoms with E-state index >= 15 is 0 Å². The quantitative estimate of drug-likeness (QED) is 0.445. The molecule has 0 rings (SSSR count). The Kier molecular flexibility index (Phi) is 14.4. The molecule has 3 nitrogen and oxygen atoms in total. The molecular formula is C9H22AuO3SSi. The van der Waals surface area contributed by atoms with Gasteiger partial charge in [0.15, 0.2) is 0 Å². The van der Waals surface area contributed by atoms with Crippen LogP contribution in [0.25, 0.3) is 0 Å². The maximum Gasteiger partial charge on any atom is 0.500 e. The topological polar surface area (TPSA) is 27.7 Å². The summed E-state index contributed by atoms with van der Waals surface area (Å²) in [4.78, 5) is 0. The van der Waals surface area contributed by atoms with E-state index in [1.54, 1.807) is 0 Å². The molecule has 0 aromatic rings. The monoisotopic (exact) mass is 435 g/mol. The largest absolute Gasteiger partial charge is 0.500 e. The summed E-state index contributed by atoms with van der Waals surface area (Å²) in [5, 5.41) is 0. The van der Waals surface area contributed by atoms with Gasteiger partial charge < -0.3 is 13.3 Å². The van der Waals surface area contributed by atoms with Gasteiger partial charge in [-0.25, -0.2) is 0 Å². The third-order valence-corrected chi connectivity index (χ3v) is 5.20. The molecule has 0 bridgehead atoms. The van der Waals surface area contributed by atoms with E-state index in [1.807, 2.05) is 20.8 Å². The average molecular weight is 435 g/mol. The fraction of sp³-hybridized carbons (Fsp3) is 1.00. The van der Waals surface area contributed by atoms with Crippen molar-refractivity contribution in [2.45, 2.75) is 33.2 Å². The van der Waals surface area contributed by atoms with E-state index in [9.17, 15) is 0 Å². The fourth-order valence-corrected chi connectivity index (χ4v) is 4.36. The van der Waals surface area contributed by atoms with Crippen molar-refractivity contribution in [3.63, 3.8) is 0 Å². The van der Waals surface area contributed by atoms with Crippen LogP contribution in [0.4, 0.5) is 0 Å². The third-order valence-electron chi connectivity index (χ3n) is 1.73. The van der Waals surface area contributed by atoms with Gasteiger partial charge in [0.25, 0.3) is 0 Å². The molecule has 0 unspecified atom stereocenters. The van der Waals surface area contributed by atoms with Gasteiger partial charge in [0, 0.05) is 48.2 Å². The first-order valence-corrected chi connectivity index (χ1v) is 7.83. The Labute approximate surface area is 116 Å². The molecule has 0 spiro atoms. The van der Waals surface area contributed by atoms with Gasteiger partial charge in [-0.3, -0.25) is 0 Å². The van der Waals surface area contributed by atoms with Crippen LogP contribution < -0.4 is 0 Å². The zero-order valence-electron chi connectivity index (χ0n) is 9.72. The normalized spacial score (nSPS) is 11.2. The first-order chi connectivity index (χ1) is 6.74. The molecule has 0 aliphatic heterocycles. The standard InChI is InChI=1S/C9H22O3SSi.Au/c1-4-10-14(11-5-2,12-6-3)9-7-8-13;/h13H,4-9H2,1-3H3;. The van der Waals surface area contributed by atoms with Gasteiger partial charge in [-0.05, 0) is 32.9 Å². The van der Waals surface area contributed by atoms with E-state index < -0.39 is 8.80 Å². The molecule has 0 saturated carbocycles. The Morgan fingerprint density at radius 1 is 0.933 bits per heavy atom. The molecule has 0 fully saturated rings. The SMILES string of the molecule is CCO[Si](CCCS)(OCC)OCC.[Au]. The summed E-state index contributed by atoms with van der Waals surface area (Å²) in [6.45, 7) is 7.87. The van der Waals surface area contributed by atoms with Crippen LogP contribution in [0.3, 0.4) is 0 Å². The van der Waals surface area contributed by atoms with Crippen LogP contribution in [0.1, 0.15) is 27.2 Å². The molecule has 15 heavy (non-hydrogen) atoms. The van der Waals surface area contributed by atoms with Crippen LogP contribution in [-0.2, 0) is 35.7 Å². The van der Waals surface area contributed by atoms with Crippen molar-refractivity contribution in [3.8, 4) is 0 Å². The minimum atomic E-state index is -2.37. The first kappa shape index (κ1) is 18.5. The maximum atomic E-state index is 5.67. The van der Waals surface area contributed by atoms with Gasteiger partial charge in [0.2, 0.25) is 0 Å². The third kappa shape index (κ3) is 7.98. The van der Waals surface area contributed by atoms with Gasteiger partial charge in [-0.2, -0.15) is 12.6 Å². The van der Waals surface area contributed by atoms with Crippen LogP contribution in [-0.4, -0.2) is 34.4 Å². The first-order valence-electron chi connectivity index (χ1n) is 5.27. The minimum absolute atomic E-state index is 0. The predicted octanol–water partition coefficient (Wildman–Crippen LogP) is 2.35. The minimum Gasteiger partial charge on any atom is -0.374 e. The zero-order chi connectivity index (χ0) is 10.9. The van der Waals surface area contributed by atoms with E-state index in [4.69, 9.17) is 13.3 Å². The van der Waals surface area contributed by atoms with Crippen molar-refractivity contribution >= 4 is 21.4 Å². The second kappa shape index (κ2) is 11.7. The Balaban J connectivity index is 0. The summed E-state index contributed by atoms with van der Waals surface area (Å²) in [7, 11) is -2.37. The Hall–Kier alpha value is 1.19. The Morgan fingerprint density at radius 3 is 1.60 bits per heavy atom. The van der Waals surface area contributed by atoms with E-state index in [1.165, 1.54) is 0 Å². The average Bonchev–Trinajstić information content (AvgIpc) is 2.16. The molecule has 0 atom stereocenters. The summed E-state index contributed by atoms with van der Waals surface area (Å²) in [6, 6.07) is 0.867. The van der Waals surface area contributed by atoms with Crippen molar-refractivity contribution < 1.29 is 35.7 Å². The predicted molar refractivity (Wildman–Crippen MR) is 63.9 cm³/mol. The maximum absolute atomic E-state index is 5.67. The molecular weight excluding hydrogens is 413 g/mol. The van der Waals surface area contributed by atoms with Crippen molar-refractivity contribution in [2.24, 2.45) is 0 Å². The van der Waals surface area contributed by atoms with Crippen LogP contribution in [0, 0.1) is 0 Å². The van der Waals surface area contributed by atoms with Gasteiger partial charge in [0.05, 0.1) is 0 Å². The summed E-state index contributed by atoms with van der Waals surface area (Å²) in [5.74, 6) is 0.849. The van der Waals surface area contributed by atoms with Crippen molar-refractivity contribution in [3.05, 3.63) is 0 Å². The number of hydrogen-bond donors (Lipinski definition) is 1. The zero-order valence-corrected chi connectivity index (χ0v) is 13.8. The second-order valence-electron chi connectivity index (χ2n) is 2.81. The second-order valence-corrected chi connectivity index (χ2v) is 5.99. The molecule has 0 aliphatic carbocycles. The molecule has 0 amide bonds. The molecule has 1 radical (unpaired) electrons. The van der Waals surface area contributed by atoms with Crippen LogP contribution in [0.5, 0.6) is 0 Å². The van der Waals surface area contributed by atoms with Gasteiger partial charge in [0.1, 0.15) is 0 Å². The van der Waals surface area contributed by atoms with Gasteiger partial charge >= 0.3 is 8.80 Å². The summed E-state index contributed by atoms with van der Waals surface area (Å²) in [5.41, 5.74) is 0. The number of rotatable bonds is 9. The molecule has 0 aromatic carbocycles. The molecule has 0 aromatic heterocycles. The van der Waals surface area contributed by atoms with E-state index in [2.05, 4.69) is 12.6 Å². The van der Waals surface area contributed by atoms with E-state index in [0.29, 0.717) is 19.8 Å². The van der Waals surface area contributed by atoms with E-state index in [0.717, 1.165) is 18.2 Å². The Morgan fingerprint density at radius 2 is 1.33 bits per heavy atom. The van der Waals surface area contributed by atoms with Crippen LogP contribution in [0.15, 0.2) is 0 Å². The molecule has 0 heterocycles. The van der Waals surface area contributed by atoms with Gasteiger partial charge in [-0.1, -0.05) is 0 Å². The fourth-order valence-electron chi connectivity index (χ4n) is 1.30. The molecule has 0 saturated heterocycles. The van der Waals surface area contributed by atoms with Crippen LogP contribution in [0.2, 0.25) is 6.04 Å². The number of hydrogen-bond acceptors (Lipinski definition) is 4. The summed E-state index contributed by atoms with van der Waals surface area (Å²) in [6.07, 6.45) is 0.981. The van der Waals surface area contributed by atoms with Crippen molar-refractivity contribution in [1.29, 1.82) is 0 Å². The smallest absolute Gasteiger partial charge is 0.374 e. The number of thiol groups is 1. The van der Waals surface area contributed by atoms with Gasteiger partial charge in [-0.15, -0.1) is 0 Å². The van der Waals surface area contributed by atoms with Crippen molar-refractivity contribution in [1.82, 2.24) is 0 Å². The Bertz CT molecular complexity index is 124. The van der Waals surface area contributed by atoms with E-state index in [-0.39, 0.29) is 22.4 Å². The van der Waals surface area contributed by atoms with Crippen LogP contribution >= 0.6 is 12.6 Å². The molecule has 0 aliphatic rings. The molecule has 97 valence electrons.